The van der Waals surface area contributed by atoms with Crippen molar-refractivity contribution < 1.29 is 13.2 Å². The number of anilines is 1. The molecule has 1 aromatic rings. The minimum absolute atomic E-state index is 0.409. The summed E-state index contributed by atoms with van der Waals surface area (Å²) in [7, 11) is 0. The average molecular weight is 283 g/mol. The number of nitrogens with zero attached hydrogens (tertiary/aromatic N) is 1. The van der Waals surface area contributed by atoms with Gasteiger partial charge in [-0.2, -0.15) is 13.2 Å². The second-order valence-electron chi connectivity index (χ2n) is 5.84. The van der Waals surface area contributed by atoms with Crippen molar-refractivity contribution in [3.05, 3.63) is 28.8 Å². The maximum absolute atomic E-state index is 13.1. The van der Waals surface area contributed by atoms with E-state index in [1.54, 1.807) is 6.07 Å². The third kappa shape index (κ3) is 2.52. The van der Waals surface area contributed by atoms with Crippen molar-refractivity contribution in [3.63, 3.8) is 0 Å². The first-order valence-corrected chi connectivity index (χ1v) is 7.54. The van der Waals surface area contributed by atoms with E-state index in [1.807, 2.05) is 0 Å². The Kier molecular flexibility index (Phi) is 3.65. The minimum atomic E-state index is -4.22. The van der Waals surface area contributed by atoms with Gasteiger partial charge in [-0.05, 0) is 68.2 Å². The SMILES string of the molecule is FC(F)(F)c1ccc(N2CCCCC2)c2c1CCCC2. The van der Waals surface area contributed by atoms with E-state index < -0.39 is 11.7 Å². The molecule has 0 amide bonds. The van der Waals surface area contributed by atoms with E-state index in [0.717, 1.165) is 56.4 Å². The zero-order valence-electron chi connectivity index (χ0n) is 11.6. The Morgan fingerprint density at radius 2 is 1.45 bits per heavy atom. The van der Waals surface area contributed by atoms with Crippen LogP contribution in [0.1, 0.15) is 48.8 Å². The molecule has 20 heavy (non-hydrogen) atoms. The normalized spacial score (nSPS) is 19.9. The molecule has 0 spiro atoms. The van der Waals surface area contributed by atoms with Crippen LogP contribution in [0.3, 0.4) is 0 Å². The quantitative estimate of drug-likeness (QED) is 0.729. The number of benzene rings is 1. The molecule has 0 atom stereocenters. The van der Waals surface area contributed by atoms with Gasteiger partial charge in [-0.1, -0.05) is 0 Å². The zero-order valence-corrected chi connectivity index (χ0v) is 11.6. The molecule has 0 radical (unpaired) electrons. The number of rotatable bonds is 1. The van der Waals surface area contributed by atoms with Crippen LogP contribution in [-0.2, 0) is 19.0 Å². The Labute approximate surface area is 117 Å². The van der Waals surface area contributed by atoms with Gasteiger partial charge in [0.2, 0.25) is 0 Å². The molecule has 1 nitrogen and oxygen atoms in total. The smallest absolute Gasteiger partial charge is 0.371 e. The Bertz CT molecular complexity index is 487. The molecule has 0 N–H and O–H groups in total. The standard InChI is InChI=1S/C16H20F3N/c17-16(18,19)14-8-9-15(20-10-4-1-5-11-20)13-7-3-2-6-12(13)14/h8-9H,1-7,10-11H2. The highest BCUT2D eigenvalue weighted by Crippen LogP contribution is 2.40. The Hall–Kier alpha value is -1.19. The van der Waals surface area contributed by atoms with E-state index in [9.17, 15) is 13.2 Å². The van der Waals surface area contributed by atoms with E-state index in [4.69, 9.17) is 0 Å². The topological polar surface area (TPSA) is 3.24 Å². The Morgan fingerprint density at radius 3 is 2.10 bits per heavy atom. The van der Waals surface area contributed by atoms with Crippen LogP contribution >= 0.6 is 0 Å². The van der Waals surface area contributed by atoms with E-state index >= 15 is 0 Å². The van der Waals surface area contributed by atoms with Crippen molar-refractivity contribution >= 4 is 5.69 Å². The second kappa shape index (κ2) is 5.30. The van der Waals surface area contributed by atoms with E-state index in [0.29, 0.717) is 12.0 Å². The van der Waals surface area contributed by atoms with Gasteiger partial charge in [0.05, 0.1) is 5.56 Å². The molecule has 3 rings (SSSR count). The van der Waals surface area contributed by atoms with Crippen LogP contribution in [0.2, 0.25) is 0 Å². The lowest BCUT2D eigenvalue weighted by atomic mass is 9.86. The Balaban J connectivity index is 2.04. The molecule has 0 aromatic heterocycles. The van der Waals surface area contributed by atoms with E-state index in [2.05, 4.69) is 4.90 Å². The van der Waals surface area contributed by atoms with Crippen molar-refractivity contribution in [1.82, 2.24) is 0 Å². The lowest BCUT2D eigenvalue weighted by Crippen LogP contribution is -2.31. The highest BCUT2D eigenvalue weighted by Gasteiger charge is 2.35. The van der Waals surface area contributed by atoms with Gasteiger partial charge in [0, 0.05) is 18.8 Å². The van der Waals surface area contributed by atoms with Crippen molar-refractivity contribution in [2.75, 3.05) is 18.0 Å². The molecule has 0 bridgehead atoms. The number of halogens is 3. The van der Waals surface area contributed by atoms with Gasteiger partial charge in [-0.25, -0.2) is 0 Å². The van der Waals surface area contributed by atoms with Crippen LogP contribution < -0.4 is 4.90 Å². The summed E-state index contributed by atoms with van der Waals surface area (Å²) in [5.41, 5.74) is 2.18. The first-order valence-electron chi connectivity index (χ1n) is 7.54. The zero-order chi connectivity index (χ0) is 14.2. The highest BCUT2D eigenvalue weighted by atomic mass is 19.4. The molecule has 1 saturated heterocycles. The maximum atomic E-state index is 13.1. The lowest BCUT2D eigenvalue weighted by Gasteiger charge is -2.33. The third-order valence-electron chi connectivity index (χ3n) is 4.51. The van der Waals surface area contributed by atoms with Crippen LogP contribution in [-0.4, -0.2) is 13.1 Å². The summed E-state index contributed by atoms with van der Waals surface area (Å²) in [4.78, 5) is 2.29. The second-order valence-corrected chi connectivity index (χ2v) is 5.84. The molecule has 1 aromatic carbocycles. The molecule has 2 aliphatic rings. The molecule has 1 heterocycles. The van der Waals surface area contributed by atoms with Gasteiger partial charge in [0.25, 0.3) is 0 Å². The van der Waals surface area contributed by atoms with Crippen LogP contribution in [0.25, 0.3) is 0 Å². The summed E-state index contributed by atoms with van der Waals surface area (Å²) in [5.74, 6) is 0. The van der Waals surface area contributed by atoms with Crippen molar-refractivity contribution in [2.45, 2.75) is 51.1 Å². The summed E-state index contributed by atoms with van der Waals surface area (Å²) in [6.07, 6.45) is 2.57. The number of alkyl halides is 3. The number of piperidine rings is 1. The first-order chi connectivity index (χ1) is 9.57. The monoisotopic (exact) mass is 283 g/mol. The van der Waals surface area contributed by atoms with Crippen molar-refractivity contribution in [2.24, 2.45) is 0 Å². The summed E-state index contributed by atoms with van der Waals surface area (Å²) < 4.78 is 39.4. The van der Waals surface area contributed by atoms with E-state index in [-0.39, 0.29) is 0 Å². The third-order valence-corrected chi connectivity index (χ3v) is 4.51. The summed E-state index contributed by atoms with van der Waals surface area (Å²) >= 11 is 0. The van der Waals surface area contributed by atoms with Crippen LogP contribution in [0.15, 0.2) is 12.1 Å². The first kappa shape index (κ1) is 13.8. The predicted octanol–water partition coefficient (Wildman–Crippen LogP) is 4.57. The molecule has 110 valence electrons. The fourth-order valence-electron chi connectivity index (χ4n) is 3.55. The fourth-order valence-corrected chi connectivity index (χ4v) is 3.55. The molecule has 1 aliphatic carbocycles. The van der Waals surface area contributed by atoms with E-state index in [1.165, 1.54) is 12.5 Å². The molecule has 0 unspecified atom stereocenters. The van der Waals surface area contributed by atoms with Crippen LogP contribution in [0, 0.1) is 0 Å². The number of fused-ring (bicyclic) bond motifs is 1. The Morgan fingerprint density at radius 1 is 0.800 bits per heavy atom. The number of hydrogen-bond acceptors (Lipinski definition) is 1. The van der Waals surface area contributed by atoms with Gasteiger partial charge in [-0.3, -0.25) is 0 Å². The van der Waals surface area contributed by atoms with Crippen LogP contribution in [0.5, 0.6) is 0 Å². The van der Waals surface area contributed by atoms with Crippen molar-refractivity contribution in [3.8, 4) is 0 Å². The van der Waals surface area contributed by atoms with Gasteiger partial charge in [-0.15, -0.1) is 0 Å². The molecular weight excluding hydrogens is 263 g/mol. The van der Waals surface area contributed by atoms with Gasteiger partial charge < -0.3 is 4.90 Å². The average Bonchev–Trinajstić information content (AvgIpc) is 2.46. The summed E-state index contributed by atoms with van der Waals surface area (Å²) in [5, 5.41) is 0. The molecule has 1 fully saturated rings. The largest absolute Gasteiger partial charge is 0.416 e. The fraction of sp³-hybridized carbons (Fsp3) is 0.625. The van der Waals surface area contributed by atoms with Gasteiger partial charge >= 0.3 is 6.18 Å². The maximum Gasteiger partial charge on any atom is 0.416 e. The van der Waals surface area contributed by atoms with Crippen LogP contribution in [0.4, 0.5) is 18.9 Å². The molecule has 4 heteroatoms. The predicted molar refractivity (Wildman–Crippen MR) is 74.2 cm³/mol. The summed E-state index contributed by atoms with van der Waals surface area (Å²) in [6, 6.07) is 3.01. The number of hydrogen-bond donors (Lipinski definition) is 0. The summed E-state index contributed by atoms with van der Waals surface area (Å²) in [6.45, 7) is 1.97. The molecule has 0 saturated carbocycles. The van der Waals surface area contributed by atoms with Gasteiger partial charge in [0.15, 0.2) is 0 Å². The minimum Gasteiger partial charge on any atom is -0.371 e. The highest BCUT2D eigenvalue weighted by molar-refractivity contribution is 5.60. The molecule has 1 aliphatic heterocycles. The lowest BCUT2D eigenvalue weighted by molar-refractivity contribution is -0.138. The van der Waals surface area contributed by atoms with Crippen molar-refractivity contribution in [1.29, 1.82) is 0 Å². The molecular formula is C16H20F3N. The van der Waals surface area contributed by atoms with Gasteiger partial charge in [0.1, 0.15) is 0 Å².